The first kappa shape index (κ1) is 16.2. The third kappa shape index (κ3) is 5.26. The van der Waals surface area contributed by atoms with E-state index < -0.39 is 0 Å². The SMILES string of the molecule is CCCOc1cncc(C(CCC2CCCCO2)NN)c1. The molecule has 1 aliphatic rings. The zero-order valence-electron chi connectivity index (χ0n) is 12.9. The second kappa shape index (κ2) is 8.97. The Morgan fingerprint density at radius 3 is 3.10 bits per heavy atom. The van der Waals surface area contributed by atoms with Gasteiger partial charge in [0.1, 0.15) is 5.75 Å². The van der Waals surface area contributed by atoms with Gasteiger partial charge >= 0.3 is 0 Å². The predicted molar refractivity (Wildman–Crippen MR) is 82.9 cm³/mol. The van der Waals surface area contributed by atoms with Crippen LogP contribution in [-0.2, 0) is 4.74 Å². The zero-order chi connectivity index (χ0) is 14.9. The molecule has 0 aliphatic carbocycles. The van der Waals surface area contributed by atoms with Gasteiger partial charge in [0.2, 0.25) is 0 Å². The lowest BCUT2D eigenvalue weighted by molar-refractivity contribution is 0.00853. The molecule has 118 valence electrons. The van der Waals surface area contributed by atoms with Gasteiger partial charge < -0.3 is 9.47 Å². The van der Waals surface area contributed by atoms with Crippen molar-refractivity contribution in [2.75, 3.05) is 13.2 Å². The van der Waals surface area contributed by atoms with E-state index in [1.807, 2.05) is 12.3 Å². The van der Waals surface area contributed by atoms with E-state index in [1.54, 1.807) is 6.20 Å². The predicted octanol–water partition coefficient (Wildman–Crippen LogP) is 2.72. The van der Waals surface area contributed by atoms with E-state index in [0.717, 1.165) is 43.6 Å². The first-order valence-corrected chi connectivity index (χ1v) is 7.99. The van der Waals surface area contributed by atoms with Crippen LogP contribution in [0.4, 0.5) is 0 Å². The van der Waals surface area contributed by atoms with Gasteiger partial charge in [-0.3, -0.25) is 16.3 Å². The van der Waals surface area contributed by atoms with E-state index in [-0.39, 0.29) is 6.04 Å². The minimum Gasteiger partial charge on any atom is -0.492 e. The molecular formula is C16H27N3O2. The quantitative estimate of drug-likeness (QED) is 0.570. The Labute approximate surface area is 127 Å². The second-order valence-corrected chi connectivity index (χ2v) is 5.59. The zero-order valence-corrected chi connectivity index (χ0v) is 12.9. The fourth-order valence-electron chi connectivity index (χ4n) is 2.66. The molecule has 21 heavy (non-hydrogen) atoms. The van der Waals surface area contributed by atoms with Crippen LogP contribution in [0.5, 0.6) is 5.75 Å². The lowest BCUT2D eigenvalue weighted by atomic mass is 9.98. The number of aromatic nitrogens is 1. The summed E-state index contributed by atoms with van der Waals surface area (Å²) >= 11 is 0. The van der Waals surface area contributed by atoms with E-state index in [9.17, 15) is 0 Å². The Kier molecular flexibility index (Phi) is 6.92. The van der Waals surface area contributed by atoms with Crippen molar-refractivity contribution in [3.8, 4) is 5.75 Å². The fraction of sp³-hybridized carbons (Fsp3) is 0.688. The van der Waals surface area contributed by atoms with Gasteiger partial charge in [0, 0.05) is 18.8 Å². The van der Waals surface area contributed by atoms with Crippen molar-refractivity contribution in [1.82, 2.24) is 10.4 Å². The van der Waals surface area contributed by atoms with Gasteiger partial charge in [-0.2, -0.15) is 0 Å². The van der Waals surface area contributed by atoms with Crippen molar-refractivity contribution in [2.45, 2.75) is 57.6 Å². The maximum Gasteiger partial charge on any atom is 0.137 e. The van der Waals surface area contributed by atoms with Crippen molar-refractivity contribution in [3.63, 3.8) is 0 Å². The minimum absolute atomic E-state index is 0.0909. The van der Waals surface area contributed by atoms with Gasteiger partial charge in [-0.25, -0.2) is 0 Å². The average molecular weight is 293 g/mol. The van der Waals surface area contributed by atoms with Crippen LogP contribution in [0.25, 0.3) is 0 Å². The fourth-order valence-corrected chi connectivity index (χ4v) is 2.66. The summed E-state index contributed by atoms with van der Waals surface area (Å²) in [5.74, 6) is 6.52. The van der Waals surface area contributed by atoms with Crippen LogP contribution in [0.3, 0.4) is 0 Å². The van der Waals surface area contributed by atoms with Gasteiger partial charge in [-0.1, -0.05) is 6.92 Å². The first-order chi connectivity index (χ1) is 10.3. The lowest BCUT2D eigenvalue weighted by Gasteiger charge is -2.24. The molecule has 1 aliphatic heterocycles. The van der Waals surface area contributed by atoms with Crippen LogP contribution in [-0.4, -0.2) is 24.3 Å². The van der Waals surface area contributed by atoms with Crippen LogP contribution < -0.4 is 16.0 Å². The van der Waals surface area contributed by atoms with Gasteiger partial charge in [-0.05, 0) is 50.2 Å². The lowest BCUT2D eigenvalue weighted by Crippen LogP contribution is -2.30. The van der Waals surface area contributed by atoms with E-state index in [2.05, 4.69) is 17.3 Å². The highest BCUT2D eigenvalue weighted by molar-refractivity contribution is 5.26. The number of nitrogens with two attached hydrogens (primary N) is 1. The van der Waals surface area contributed by atoms with Crippen LogP contribution >= 0.6 is 0 Å². The van der Waals surface area contributed by atoms with Gasteiger partial charge in [-0.15, -0.1) is 0 Å². The number of hydrogen-bond acceptors (Lipinski definition) is 5. The van der Waals surface area contributed by atoms with Crippen molar-refractivity contribution >= 4 is 0 Å². The normalized spacial score (nSPS) is 20.2. The van der Waals surface area contributed by atoms with Crippen molar-refractivity contribution in [3.05, 3.63) is 24.0 Å². The van der Waals surface area contributed by atoms with Crippen LogP contribution in [0.2, 0.25) is 0 Å². The molecule has 2 atom stereocenters. The molecule has 0 aromatic carbocycles. The molecule has 1 fully saturated rings. The van der Waals surface area contributed by atoms with Gasteiger partial charge in [0.25, 0.3) is 0 Å². The molecule has 0 saturated carbocycles. The van der Waals surface area contributed by atoms with Crippen molar-refractivity contribution in [2.24, 2.45) is 5.84 Å². The minimum atomic E-state index is 0.0909. The third-order valence-electron chi connectivity index (χ3n) is 3.86. The molecule has 1 aromatic heterocycles. The highest BCUT2D eigenvalue weighted by atomic mass is 16.5. The van der Waals surface area contributed by atoms with Crippen molar-refractivity contribution in [1.29, 1.82) is 0 Å². The molecule has 0 spiro atoms. The number of rotatable bonds is 8. The number of nitrogens with zero attached hydrogens (tertiary/aromatic N) is 1. The maximum atomic E-state index is 5.78. The smallest absolute Gasteiger partial charge is 0.137 e. The number of nitrogens with one attached hydrogen (secondary N) is 1. The average Bonchev–Trinajstić information content (AvgIpc) is 2.55. The molecule has 2 rings (SSSR count). The molecule has 2 heterocycles. The number of pyridine rings is 1. The van der Waals surface area contributed by atoms with Crippen molar-refractivity contribution < 1.29 is 9.47 Å². The summed E-state index contributed by atoms with van der Waals surface area (Å²) in [6.07, 6.45) is 10.6. The highest BCUT2D eigenvalue weighted by Gasteiger charge is 2.17. The highest BCUT2D eigenvalue weighted by Crippen LogP contribution is 2.25. The molecular weight excluding hydrogens is 266 g/mol. The van der Waals surface area contributed by atoms with E-state index in [0.29, 0.717) is 12.7 Å². The molecule has 1 aromatic rings. The molecule has 0 amide bonds. The van der Waals surface area contributed by atoms with E-state index in [1.165, 1.54) is 12.8 Å². The van der Waals surface area contributed by atoms with E-state index >= 15 is 0 Å². The summed E-state index contributed by atoms with van der Waals surface area (Å²) < 4.78 is 11.4. The van der Waals surface area contributed by atoms with Crippen LogP contribution in [0.1, 0.15) is 57.1 Å². The number of hydrogen-bond donors (Lipinski definition) is 2. The molecule has 5 heteroatoms. The largest absolute Gasteiger partial charge is 0.492 e. The summed E-state index contributed by atoms with van der Waals surface area (Å²) in [4.78, 5) is 4.25. The molecule has 5 nitrogen and oxygen atoms in total. The number of hydrazine groups is 1. The van der Waals surface area contributed by atoms with Gasteiger partial charge in [0.05, 0.1) is 18.9 Å². The number of ether oxygens (including phenoxy) is 2. The Morgan fingerprint density at radius 1 is 1.48 bits per heavy atom. The van der Waals surface area contributed by atoms with Crippen LogP contribution in [0, 0.1) is 0 Å². The monoisotopic (exact) mass is 293 g/mol. The third-order valence-corrected chi connectivity index (χ3v) is 3.86. The summed E-state index contributed by atoms with van der Waals surface area (Å²) in [7, 11) is 0. The molecule has 0 bridgehead atoms. The Morgan fingerprint density at radius 2 is 2.38 bits per heavy atom. The topological polar surface area (TPSA) is 69.4 Å². The van der Waals surface area contributed by atoms with Crippen LogP contribution in [0.15, 0.2) is 18.5 Å². The second-order valence-electron chi connectivity index (χ2n) is 5.59. The van der Waals surface area contributed by atoms with Gasteiger partial charge in [0.15, 0.2) is 0 Å². The Balaban J connectivity index is 1.89. The molecule has 1 saturated heterocycles. The van der Waals surface area contributed by atoms with E-state index in [4.69, 9.17) is 15.3 Å². The first-order valence-electron chi connectivity index (χ1n) is 7.99. The Hall–Kier alpha value is -1.17. The maximum absolute atomic E-state index is 5.78. The molecule has 2 unspecified atom stereocenters. The molecule has 3 N–H and O–H groups in total. The summed E-state index contributed by atoms with van der Waals surface area (Å²) in [6, 6.07) is 2.11. The summed E-state index contributed by atoms with van der Waals surface area (Å²) in [5, 5.41) is 0. The molecule has 0 radical (unpaired) electrons. The standard InChI is InChI=1S/C16H27N3O2/c1-2-8-20-15-10-13(11-18-12-15)16(19-17)7-6-14-5-3-4-9-21-14/h10-12,14,16,19H,2-9,17H2,1H3. The summed E-state index contributed by atoms with van der Waals surface area (Å²) in [6.45, 7) is 3.70. The summed E-state index contributed by atoms with van der Waals surface area (Å²) in [5.41, 5.74) is 3.96. The Bertz CT molecular complexity index is 408.